The SMILES string of the molecule is O=C(C=Cc1ccc([N+](=O)[O-])cc1)N1CCC2(O)CCCCC2C1. The molecule has 2 atom stereocenters. The maximum atomic E-state index is 12.4. The molecule has 1 saturated heterocycles. The van der Waals surface area contributed by atoms with Gasteiger partial charge in [0.25, 0.3) is 5.69 Å². The minimum Gasteiger partial charge on any atom is -0.389 e. The van der Waals surface area contributed by atoms with Crippen molar-refractivity contribution in [2.45, 2.75) is 37.7 Å². The van der Waals surface area contributed by atoms with Gasteiger partial charge in [0.1, 0.15) is 0 Å². The van der Waals surface area contributed by atoms with Crippen molar-refractivity contribution in [1.29, 1.82) is 0 Å². The Labute approximate surface area is 140 Å². The van der Waals surface area contributed by atoms with Crippen LogP contribution in [0.15, 0.2) is 30.3 Å². The molecule has 128 valence electrons. The van der Waals surface area contributed by atoms with Crippen molar-refractivity contribution in [3.8, 4) is 0 Å². The van der Waals surface area contributed by atoms with E-state index in [2.05, 4.69) is 0 Å². The molecule has 0 spiro atoms. The molecule has 2 fully saturated rings. The van der Waals surface area contributed by atoms with E-state index in [9.17, 15) is 20.0 Å². The fourth-order valence-corrected chi connectivity index (χ4v) is 3.75. The van der Waals surface area contributed by atoms with Crippen LogP contribution in [0.5, 0.6) is 0 Å². The van der Waals surface area contributed by atoms with Gasteiger partial charge >= 0.3 is 0 Å². The Bertz CT molecular complexity index is 655. The number of benzene rings is 1. The summed E-state index contributed by atoms with van der Waals surface area (Å²) in [7, 11) is 0. The van der Waals surface area contributed by atoms with Gasteiger partial charge in [0.05, 0.1) is 10.5 Å². The summed E-state index contributed by atoms with van der Waals surface area (Å²) in [5.74, 6) is 0.109. The largest absolute Gasteiger partial charge is 0.389 e. The molecule has 1 aliphatic heterocycles. The van der Waals surface area contributed by atoms with Crippen molar-refractivity contribution in [3.05, 3.63) is 46.0 Å². The number of hydrogen-bond acceptors (Lipinski definition) is 4. The van der Waals surface area contributed by atoms with Gasteiger partial charge in [-0.15, -0.1) is 0 Å². The number of nitro benzene ring substituents is 1. The summed E-state index contributed by atoms with van der Waals surface area (Å²) in [5.41, 5.74) is 0.197. The smallest absolute Gasteiger partial charge is 0.269 e. The summed E-state index contributed by atoms with van der Waals surface area (Å²) in [4.78, 5) is 24.4. The molecule has 2 aliphatic rings. The van der Waals surface area contributed by atoms with Gasteiger partial charge in [-0.3, -0.25) is 14.9 Å². The fourth-order valence-electron chi connectivity index (χ4n) is 3.75. The third kappa shape index (κ3) is 3.48. The van der Waals surface area contributed by atoms with Gasteiger partial charge in [0.2, 0.25) is 5.91 Å². The van der Waals surface area contributed by atoms with Crippen LogP contribution in [0, 0.1) is 16.0 Å². The van der Waals surface area contributed by atoms with Crippen LogP contribution in [-0.4, -0.2) is 39.5 Å². The minimum absolute atomic E-state index is 0.0334. The second-order valence-electron chi connectivity index (χ2n) is 6.76. The summed E-state index contributed by atoms with van der Waals surface area (Å²) < 4.78 is 0. The predicted molar refractivity (Wildman–Crippen MR) is 90.2 cm³/mol. The fraction of sp³-hybridized carbons (Fsp3) is 0.500. The highest BCUT2D eigenvalue weighted by molar-refractivity contribution is 5.91. The van der Waals surface area contributed by atoms with Crippen molar-refractivity contribution < 1.29 is 14.8 Å². The Morgan fingerprint density at radius 2 is 2.04 bits per heavy atom. The monoisotopic (exact) mass is 330 g/mol. The van der Waals surface area contributed by atoms with Crippen LogP contribution in [0.1, 0.15) is 37.7 Å². The van der Waals surface area contributed by atoms with Gasteiger partial charge in [-0.1, -0.05) is 12.8 Å². The number of carbonyl (C=O) groups excluding carboxylic acids is 1. The number of non-ortho nitro benzene ring substituents is 1. The Balaban J connectivity index is 1.61. The van der Waals surface area contributed by atoms with Gasteiger partial charge in [0, 0.05) is 37.2 Å². The molecule has 24 heavy (non-hydrogen) atoms. The van der Waals surface area contributed by atoms with Gasteiger partial charge in [0.15, 0.2) is 0 Å². The molecular formula is C18H22N2O4. The van der Waals surface area contributed by atoms with Crippen LogP contribution in [0.4, 0.5) is 5.69 Å². The van der Waals surface area contributed by atoms with E-state index in [-0.39, 0.29) is 17.5 Å². The highest BCUT2D eigenvalue weighted by Crippen LogP contribution is 2.39. The number of carbonyl (C=O) groups is 1. The molecule has 6 nitrogen and oxygen atoms in total. The van der Waals surface area contributed by atoms with E-state index in [1.165, 1.54) is 18.2 Å². The van der Waals surface area contributed by atoms with Crippen molar-refractivity contribution in [1.82, 2.24) is 4.90 Å². The summed E-state index contributed by atoms with van der Waals surface area (Å²) in [6.07, 6.45) is 7.84. The maximum absolute atomic E-state index is 12.4. The summed E-state index contributed by atoms with van der Waals surface area (Å²) in [5, 5.41) is 21.3. The van der Waals surface area contributed by atoms with E-state index in [4.69, 9.17) is 0 Å². The first kappa shape index (κ1) is 16.6. The van der Waals surface area contributed by atoms with E-state index in [1.807, 2.05) is 0 Å². The molecule has 1 amide bonds. The second-order valence-corrected chi connectivity index (χ2v) is 6.76. The third-order valence-electron chi connectivity index (χ3n) is 5.26. The van der Waals surface area contributed by atoms with Crippen LogP contribution in [0.2, 0.25) is 0 Å². The van der Waals surface area contributed by atoms with Crippen molar-refractivity contribution >= 4 is 17.7 Å². The van der Waals surface area contributed by atoms with Gasteiger partial charge in [-0.25, -0.2) is 0 Å². The summed E-state index contributed by atoms with van der Waals surface area (Å²) >= 11 is 0. The summed E-state index contributed by atoms with van der Waals surface area (Å²) in [6.45, 7) is 1.19. The zero-order valence-corrected chi connectivity index (χ0v) is 13.6. The molecule has 1 heterocycles. The van der Waals surface area contributed by atoms with Crippen molar-refractivity contribution in [2.75, 3.05) is 13.1 Å². The number of likely N-dealkylation sites (tertiary alicyclic amines) is 1. The summed E-state index contributed by atoms with van der Waals surface area (Å²) in [6, 6.07) is 6.09. The molecule has 6 heteroatoms. The second kappa shape index (κ2) is 6.73. The number of amides is 1. The first-order chi connectivity index (χ1) is 11.5. The lowest BCUT2D eigenvalue weighted by molar-refractivity contribution is -0.384. The molecule has 0 radical (unpaired) electrons. The zero-order chi connectivity index (χ0) is 17.2. The van der Waals surface area contributed by atoms with E-state index < -0.39 is 10.5 Å². The number of rotatable bonds is 3. The van der Waals surface area contributed by atoms with Crippen LogP contribution in [-0.2, 0) is 4.79 Å². The lowest BCUT2D eigenvalue weighted by Gasteiger charge is -2.47. The molecule has 1 aromatic carbocycles. The van der Waals surface area contributed by atoms with Crippen LogP contribution in [0.3, 0.4) is 0 Å². The number of hydrogen-bond donors (Lipinski definition) is 1. The third-order valence-corrected chi connectivity index (χ3v) is 5.26. The highest BCUT2D eigenvalue weighted by Gasteiger charge is 2.43. The minimum atomic E-state index is -0.586. The molecule has 1 aliphatic carbocycles. The average molecular weight is 330 g/mol. The Morgan fingerprint density at radius 3 is 2.75 bits per heavy atom. The maximum Gasteiger partial charge on any atom is 0.269 e. The Hall–Kier alpha value is -2.21. The van der Waals surface area contributed by atoms with Crippen molar-refractivity contribution in [3.63, 3.8) is 0 Å². The molecule has 3 rings (SSSR count). The van der Waals surface area contributed by atoms with E-state index in [0.29, 0.717) is 19.5 Å². The number of piperidine rings is 1. The molecular weight excluding hydrogens is 308 g/mol. The molecule has 1 N–H and O–H groups in total. The van der Waals surface area contributed by atoms with Gasteiger partial charge < -0.3 is 10.0 Å². The molecule has 1 aromatic rings. The lowest BCUT2D eigenvalue weighted by atomic mass is 9.71. The van der Waals surface area contributed by atoms with E-state index >= 15 is 0 Å². The van der Waals surface area contributed by atoms with Crippen molar-refractivity contribution in [2.24, 2.45) is 5.92 Å². The molecule has 1 saturated carbocycles. The highest BCUT2D eigenvalue weighted by atomic mass is 16.6. The number of nitrogens with zero attached hydrogens (tertiary/aromatic N) is 2. The standard InChI is InChI=1S/C18H22N2O4/c21-17(9-6-14-4-7-16(8-5-14)20(23)24)19-12-11-18(22)10-2-1-3-15(18)13-19/h4-9,15,22H,1-3,10-13H2. The average Bonchev–Trinajstić information content (AvgIpc) is 2.59. The van der Waals surface area contributed by atoms with Crippen LogP contribution < -0.4 is 0 Å². The normalized spacial score (nSPS) is 27.0. The first-order valence-electron chi connectivity index (χ1n) is 8.42. The van der Waals surface area contributed by atoms with E-state index in [0.717, 1.165) is 31.2 Å². The number of nitro groups is 1. The topological polar surface area (TPSA) is 83.7 Å². The molecule has 0 bridgehead atoms. The first-order valence-corrected chi connectivity index (χ1v) is 8.42. The zero-order valence-electron chi connectivity index (χ0n) is 13.6. The molecule has 0 aromatic heterocycles. The number of aliphatic hydroxyl groups is 1. The number of fused-ring (bicyclic) bond motifs is 1. The molecule has 2 unspecified atom stereocenters. The van der Waals surface area contributed by atoms with Crippen LogP contribution in [0.25, 0.3) is 6.08 Å². The Kier molecular flexibility index (Phi) is 4.66. The Morgan fingerprint density at radius 1 is 1.29 bits per heavy atom. The lowest BCUT2D eigenvalue weighted by Crippen LogP contribution is -2.54. The quantitative estimate of drug-likeness (QED) is 0.525. The van der Waals surface area contributed by atoms with Gasteiger partial charge in [-0.2, -0.15) is 0 Å². The predicted octanol–water partition coefficient (Wildman–Crippen LogP) is 2.76. The van der Waals surface area contributed by atoms with Gasteiger partial charge in [-0.05, 0) is 43.0 Å². The van der Waals surface area contributed by atoms with Crippen LogP contribution >= 0.6 is 0 Å². The van der Waals surface area contributed by atoms with E-state index in [1.54, 1.807) is 23.1 Å².